The molecule has 4 aliphatic heterocycles. The minimum Gasteiger partial charge on any atom is -0.355 e. The average Bonchev–Trinajstić information content (AvgIpc) is 3.14. The summed E-state index contributed by atoms with van der Waals surface area (Å²) in [5, 5.41) is 6.96. The van der Waals surface area contributed by atoms with Crippen LogP contribution in [0, 0.1) is 5.82 Å². The second-order valence-electron chi connectivity index (χ2n) is 7.33. The van der Waals surface area contributed by atoms with Gasteiger partial charge >= 0.3 is 0 Å². The number of aromatic nitrogens is 1. The zero-order valence-electron chi connectivity index (χ0n) is 15.8. The van der Waals surface area contributed by atoms with Crippen molar-refractivity contribution in [1.29, 1.82) is 0 Å². The zero-order chi connectivity index (χ0) is 17.9. The Labute approximate surface area is 177 Å². The maximum atomic E-state index is 13.9. The smallest absolute Gasteiger partial charge is 0.191 e. The zero-order valence-corrected chi connectivity index (χ0v) is 18.1. The van der Waals surface area contributed by atoms with Crippen molar-refractivity contribution in [2.45, 2.75) is 18.5 Å². The fourth-order valence-corrected chi connectivity index (χ4v) is 4.20. The van der Waals surface area contributed by atoms with Gasteiger partial charge in [0.2, 0.25) is 0 Å². The van der Waals surface area contributed by atoms with Crippen molar-refractivity contribution in [3.05, 3.63) is 24.1 Å². The molecule has 0 aromatic carbocycles. The van der Waals surface area contributed by atoms with Gasteiger partial charge in [-0.15, -0.1) is 24.0 Å². The molecule has 2 bridgehead atoms. The SMILES string of the molecule is CN=C(NCC1CN2CCN1CC2)NC1CCN(c2ncccc2F)C1.I. The van der Waals surface area contributed by atoms with Crippen LogP contribution >= 0.6 is 24.0 Å². The quantitative estimate of drug-likeness (QED) is 0.367. The Bertz CT molecular complexity index is 650. The topological polar surface area (TPSA) is 59.0 Å². The molecule has 2 atom stereocenters. The number of halogens is 2. The van der Waals surface area contributed by atoms with Crippen LogP contribution < -0.4 is 15.5 Å². The molecule has 5 heterocycles. The summed E-state index contributed by atoms with van der Waals surface area (Å²) in [5.41, 5.74) is 0. The van der Waals surface area contributed by atoms with Crippen LogP contribution in [-0.4, -0.2) is 92.2 Å². The highest BCUT2D eigenvalue weighted by atomic mass is 127. The van der Waals surface area contributed by atoms with Gasteiger partial charge in [-0.1, -0.05) is 0 Å². The predicted octanol–water partition coefficient (Wildman–Crippen LogP) is 0.582. The van der Waals surface area contributed by atoms with Crippen LogP contribution in [0.5, 0.6) is 0 Å². The van der Waals surface area contributed by atoms with Crippen LogP contribution in [0.25, 0.3) is 0 Å². The molecule has 0 spiro atoms. The van der Waals surface area contributed by atoms with Gasteiger partial charge in [0, 0.05) is 77.7 Å². The number of fused-ring (bicyclic) bond motifs is 3. The van der Waals surface area contributed by atoms with Gasteiger partial charge in [-0.3, -0.25) is 14.8 Å². The number of guanidine groups is 1. The van der Waals surface area contributed by atoms with Gasteiger partial charge in [0.25, 0.3) is 0 Å². The van der Waals surface area contributed by atoms with Crippen molar-refractivity contribution in [2.75, 3.05) is 64.3 Å². The molecular weight excluding hydrogens is 460 g/mol. The summed E-state index contributed by atoms with van der Waals surface area (Å²) < 4.78 is 13.9. The van der Waals surface area contributed by atoms with Crippen molar-refractivity contribution in [3.8, 4) is 0 Å². The first-order chi connectivity index (χ1) is 12.7. The van der Waals surface area contributed by atoms with Crippen LogP contribution in [0.2, 0.25) is 0 Å². The molecular formula is C18H29FIN7. The highest BCUT2D eigenvalue weighted by Gasteiger charge is 2.32. The van der Waals surface area contributed by atoms with Crippen LogP contribution in [0.4, 0.5) is 10.2 Å². The number of aliphatic imine (C=N–C) groups is 1. The molecule has 2 N–H and O–H groups in total. The first kappa shape index (κ1) is 20.5. The predicted molar refractivity (Wildman–Crippen MR) is 117 cm³/mol. The average molecular weight is 489 g/mol. The molecule has 4 fully saturated rings. The summed E-state index contributed by atoms with van der Waals surface area (Å²) in [6.07, 6.45) is 2.59. The second kappa shape index (κ2) is 9.33. The summed E-state index contributed by atoms with van der Waals surface area (Å²) in [7, 11) is 1.80. The first-order valence-electron chi connectivity index (χ1n) is 9.52. The number of rotatable bonds is 4. The number of hydrogen-bond acceptors (Lipinski definition) is 5. The van der Waals surface area contributed by atoms with E-state index in [4.69, 9.17) is 0 Å². The summed E-state index contributed by atoms with van der Waals surface area (Å²) in [6, 6.07) is 3.89. The van der Waals surface area contributed by atoms with Crippen molar-refractivity contribution >= 4 is 35.8 Å². The van der Waals surface area contributed by atoms with Gasteiger partial charge in [-0.05, 0) is 18.6 Å². The molecule has 5 rings (SSSR count). The molecule has 4 saturated heterocycles. The van der Waals surface area contributed by atoms with Gasteiger partial charge in [0.15, 0.2) is 17.6 Å². The lowest BCUT2D eigenvalue weighted by atomic mass is 10.1. The molecule has 0 aliphatic carbocycles. The van der Waals surface area contributed by atoms with E-state index in [-0.39, 0.29) is 35.8 Å². The molecule has 27 heavy (non-hydrogen) atoms. The van der Waals surface area contributed by atoms with E-state index in [2.05, 4.69) is 30.4 Å². The standard InChI is InChI=1S/C18H28FN7.HI/c1-20-18(22-11-15-13-24-7-9-25(15)10-8-24)23-14-4-6-26(12-14)17-16(19)3-2-5-21-17;/h2-3,5,14-15H,4,6-13H2,1H3,(H2,20,22,23);1H. The highest BCUT2D eigenvalue weighted by Crippen LogP contribution is 2.20. The molecule has 0 amide bonds. The molecule has 2 unspecified atom stereocenters. The lowest BCUT2D eigenvalue weighted by molar-refractivity contribution is 0.0154. The monoisotopic (exact) mass is 489 g/mol. The summed E-state index contributed by atoms with van der Waals surface area (Å²) in [4.78, 5) is 15.7. The molecule has 1 aromatic rings. The van der Waals surface area contributed by atoms with Crippen LogP contribution in [0.15, 0.2) is 23.3 Å². The number of nitrogens with zero attached hydrogens (tertiary/aromatic N) is 5. The molecule has 9 heteroatoms. The molecule has 1 aromatic heterocycles. The molecule has 0 radical (unpaired) electrons. The summed E-state index contributed by atoms with van der Waals surface area (Å²) in [6.45, 7) is 8.32. The highest BCUT2D eigenvalue weighted by molar-refractivity contribution is 14.0. The van der Waals surface area contributed by atoms with E-state index in [1.807, 2.05) is 4.90 Å². The van der Waals surface area contributed by atoms with Crippen molar-refractivity contribution < 1.29 is 4.39 Å². The third kappa shape index (κ3) is 4.80. The lowest BCUT2D eigenvalue weighted by Gasteiger charge is -2.47. The Morgan fingerprint density at radius 2 is 2.07 bits per heavy atom. The van der Waals surface area contributed by atoms with Crippen molar-refractivity contribution in [3.63, 3.8) is 0 Å². The third-order valence-electron chi connectivity index (χ3n) is 5.69. The molecule has 0 saturated carbocycles. The van der Waals surface area contributed by atoms with Gasteiger partial charge in [-0.25, -0.2) is 9.37 Å². The van der Waals surface area contributed by atoms with Gasteiger partial charge in [0.1, 0.15) is 0 Å². The Hall–Kier alpha value is -1.20. The number of pyridine rings is 1. The third-order valence-corrected chi connectivity index (χ3v) is 5.69. The number of hydrogen-bond donors (Lipinski definition) is 2. The first-order valence-corrected chi connectivity index (χ1v) is 9.52. The Kier molecular flexibility index (Phi) is 7.10. The van der Waals surface area contributed by atoms with Gasteiger partial charge in [-0.2, -0.15) is 0 Å². The Morgan fingerprint density at radius 3 is 2.74 bits per heavy atom. The minimum absolute atomic E-state index is 0. The van der Waals surface area contributed by atoms with Crippen molar-refractivity contribution in [1.82, 2.24) is 25.4 Å². The van der Waals surface area contributed by atoms with E-state index >= 15 is 0 Å². The van der Waals surface area contributed by atoms with Crippen molar-refractivity contribution in [2.24, 2.45) is 4.99 Å². The van der Waals surface area contributed by atoms with Gasteiger partial charge in [0.05, 0.1) is 0 Å². The van der Waals surface area contributed by atoms with Gasteiger partial charge < -0.3 is 15.5 Å². The van der Waals surface area contributed by atoms with Crippen LogP contribution in [-0.2, 0) is 0 Å². The minimum atomic E-state index is -0.257. The van der Waals surface area contributed by atoms with E-state index in [1.165, 1.54) is 32.2 Å². The summed E-state index contributed by atoms with van der Waals surface area (Å²) in [5.74, 6) is 1.02. The fraction of sp³-hybridized carbons (Fsp3) is 0.667. The van der Waals surface area contributed by atoms with E-state index in [9.17, 15) is 4.39 Å². The van der Waals surface area contributed by atoms with E-state index < -0.39 is 0 Å². The largest absolute Gasteiger partial charge is 0.355 e. The molecule has 7 nitrogen and oxygen atoms in total. The molecule has 150 valence electrons. The Morgan fingerprint density at radius 1 is 1.26 bits per heavy atom. The second-order valence-corrected chi connectivity index (χ2v) is 7.33. The fourth-order valence-electron chi connectivity index (χ4n) is 4.20. The number of nitrogens with one attached hydrogen (secondary N) is 2. The van der Waals surface area contributed by atoms with E-state index in [0.717, 1.165) is 38.6 Å². The lowest BCUT2D eigenvalue weighted by Crippen LogP contribution is -2.64. The normalized spacial score (nSPS) is 30.1. The van der Waals surface area contributed by atoms with E-state index in [0.29, 0.717) is 11.9 Å². The maximum Gasteiger partial charge on any atom is 0.191 e. The summed E-state index contributed by atoms with van der Waals surface area (Å²) >= 11 is 0. The number of piperazine rings is 3. The van der Waals surface area contributed by atoms with E-state index in [1.54, 1.807) is 19.3 Å². The number of anilines is 1. The molecule has 4 aliphatic rings. The Balaban J connectivity index is 0.00000210. The van der Waals surface area contributed by atoms with Crippen LogP contribution in [0.3, 0.4) is 0 Å². The maximum absolute atomic E-state index is 13.9. The van der Waals surface area contributed by atoms with Crippen LogP contribution in [0.1, 0.15) is 6.42 Å².